The van der Waals surface area contributed by atoms with Crippen molar-refractivity contribution in [3.05, 3.63) is 47.0 Å². The highest BCUT2D eigenvalue weighted by molar-refractivity contribution is 5.67. The van der Waals surface area contributed by atoms with Crippen molar-refractivity contribution in [3.63, 3.8) is 0 Å². The number of fused-ring (bicyclic) bond motifs is 8. The summed E-state index contributed by atoms with van der Waals surface area (Å²) in [6.45, 7) is 11.4. The monoisotopic (exact) mass is 463 g/mol. The van der Waals surface area contributed by atoms with Crippen molar-refractivity contribution < 1.29 is 23.7 Å². The molecular weight excluding hydrogens is 430 g/mol. The second-order valence-corrected chi connectivity index (χ2v) is 11.2. The summed E-state index contributed by atoms with van der Waals surface area (Å²) in [4.78, 5) is 2.26. The summed E-state index contributed by atoms with van der Waals surface area (Å²) >= 11 is 0. The van der Waals surface area contributed by atoms with E-state index in [0.717, 1.165) is 60.1 Å². The molecule has 0 spiro atoms. The Morgan fingerprint density at radius 3 is 1.94 bits per heavy atom. The highest BCUT2D eigenvalue weighted by Crippen LogP contribution is 2.58. The Bertz CT molecular complexity index is 1150. The average molecular weight is 464 g/mol. The first-order valence-corrected chi connectivity index (χ1v) is 12.7. The molecule has 0 aliphatic carbocycles. The highest BCUT2D eigenvalue weighted by Gasteiger charge is 2.55. The van der Waals surface area contributed by atoms with Crippen LogP contribution in [0.15, 0.2) is 30.3 Å². The summed E-state index contributed by atoms with van der Waals surface area (Å²) in [5, 5.41) is 0. The van der Waals surface area contributed by atoms with Gasteiger partial charge in [-0.3, -0.25) is 0 Å². The van der Waals surface area contributed by atoms with Crippen LogP contribution in [0.25, 0.3) is 0 Å². The SMILES string of the molecule is C[C@H]1CO[C@]2(C)Oc3c(c4c(c5c3C[C@@H]3[C@@H](C)CO[C@]3(C)O5)CN(c3ccccc3)CO4)C[C@H]12. The smallest absolute Gasteiger partial charge is 0.211 e. The molecule has 7 rings (SSSR count). The van der Waals surface area contributed by atoms with E-state index in [2.05, 4.69) is 56.9 Å². The lowest BCUT2D eigenvalue weighted by atomic mass is 9.77. The number of hydrogen-bond acceptors (Lipinski definition) is 6. The van der Waals surface area contributed by atoms with Crippen molar-refractivity contribution in [3.8, 4) is 17.2 Å². The molecule has 5 heterocycles. The van der Waals surface area contributed by atoms with Gasteiger partial charge in [-0.05, 0) is 36.8 Å². The molecular formula is C28H33NO5. The van der Waals surface area contributed by atoms with Gasteiger partial charge >= 0.3 is 0 Å². The highest BCUT2D eigenvalue weighted by atomic mass is 16.7. The predicted molar refractivity (Wildman–Crippen MR) is 127 cm³/mol. The second-order valence-electron chi connectivity index (χ2n) is 11.2. The maximum absolute atomic E-state index is 6.78. The van der Waals surface area contributed by atoms with Crippen LogP contribution in [0, 0.1) is 23.7 Å². The first kappa shape index (κ1) is 20.9. The number of benzene rings is 2. The molecule has 6 heteroatoms. The molecule has 0 radical (unpaired) electrons. The van der Waals surface area contributed by atoms with Gasteiger partial charge in [-0.2, -0.15) is 0 Å². The summed E-state index contributed by atoms with van der Waals surface area (Å²) < 4.78 is 32.5. The van der Waals surface area contributed by atoms with Crippen LogP contribution >= 0.6 is 0 Å². The molecule has 2 aromatic rings. The molecule has 5 aliphatic rings. The normalized spacial score (nSPS) is 37.4. The van der Waals surface area contributed by atoms with Gasteiger partial charge in [0.05, 0.1) is 25.3 Å². The van der Waals surface area contributed by atoms with Crippen LogP contribution in [0.2, 0.25) is 0 Å². The Hall–Kier alpha value is -2.44. The van der Waals surface area contributed by atoms with E-state index in [1.807, 2.05) is 6.07 Å². The number of hydrogen-bond donors (Lipinski definition) is 0. The van der Waals surface area contributed by atoms with Crippen molar-refractivity contribution in [2.75, 3.05) is 24.8 Å². The third kappa shape index (κ3) is 2.81. The van der Waals surface area contributed by atoms with E-state index in [1.165, 1.54) is 5.56 Å². The van der Waals surface area contributed by atoms with E-state index in [-0.39, 0.29) is 5.92 Å². The standard InChI is InChI=1S/C28H33NO5/c1-16-13-31-27(3)22(16)10-19-24-21(12-29(15-30-24)18-8-6-5-7-9-18)26-20(25(19)33-27)11-23-17(2)14-32-28(23,4)34-26/h5-9,16-17,22-23H,10-15H2,1-4H3/t16-,17-,22+,23+,27+,28+/m0/s1. The van der Waals surface area contributed by atoms with Crippen LogP contribution in [0.1, 0.15) is 44.4 Å². The molecule has 0 amide bonds. The average Bonchev–Trinajstić information content (AvgIpc) is 3.31. The van der Waals surface area contributed by atoms with Crippen molar-refractivity contribution in [1.82, 2.24) is 0 Å². The molecule has 2 aromatic carbocycles. The third-order valence-electron chi connectivity index (χ3n) is 8.92. The van der Waals surface area contributed by atoms with Gasteiger partial charge in [0.2, 0.25) is 11.6 Å². The van der Waals surface area contributed by atoms with Crippen molar-refractivity contribution in [2.45, 2.75) is 58.7 Å². The van der Waals surface area contributed by atoms with Crippen LogP contribution in [0.3, 0.4) is 0 Å². The number of rotatable bonds is 1. The molecule has 0 N–H and O–H groups in total. The van der Waals surface area contributed by atoms with Gasteiger partial charge in [-0.15, -0.1) is 0 Å². The number of ether oxygens (including phenoxy) is 5. The van der Waals surface area contributed by atoms with Crippen molar-refractivity contribution in [2.24, 2.45) is 23.7 Å². The van der Waals surface area contributed by atoms with Crippen LogP contribution in [0.5, 0.6) is 17.2 Å². The summed E-state index contributed by atoms with van der Waals surface area (Å²) in [6, 6.07) is 10.4. The quantitative estimate of drug-likeness (QED) is 0.599. The van der Waals surface area contributed by atoms with E-state index in [9.17, 15) is 0 Å². The Labute approximate surface area is 201 Å². The van der Waals surface area contributed by atoms with Crippen LogP contribution in [-0.4, -0.2) is 31.5 Å². The fraction of sp³-hybridized carbons (Fsp3) is 0.571. The first-order valence-electron chi connectivity index (χ1n) is 12.7. The molecule has 180 valence electrons. The van der Waals surface area contributed by atoms with Crippen molar-refractivity contribution in [1.29, 1.82) is 0 Å². The van der Waals surface area contributed by atoms with Gasteiger partial charge in [0.15, 0.2) is 6.73 Å². The largest absolute Gasteiger partial charge is 0.472 e. The molecule has 34 heavy (non-hydrogen) atoms. The number of anilines is 1. The zero-order valence-corrected chi connectivity index (χ0v) is 20.4. The minimum absolute atomic E-state index is 0.287. The van der Waals surface area contributed by atoms with E-state index in [1.54, 1.807) is 0 Å². The van der Waals surface area contributed by atoms with Gasteiger partial charge in [-0.1, -0.05) is 32.0 Å². The maximum atomic E-state index is 6.78. The Morgan fingerprint density at radius 1 is 0.765 bits per heavy atom. The Balaban J connectivity index is 1.39. The third-order valence-corrected chi connectivity index (χ3v) is 8.92. The Kier molecular flexibility index (Phi) is 4.33. The van der Waals surface area contributed by atoms with Gasteiger partial charge in [0, 0.05) is 42.5 Å². The zero-order chi connectivity index (χ0) is 23.2. The molecule has 6 nitrogen and oxygen atoms in total. The lowest BCUT2D eigenvalue weighted by molar-refractivity contribution is -0.174. The maximum Gasteiger partial charge on any atom is 0.211 e. The number of para-hydroxylation sites is 1. The van der Waals surface area contributed by atoms with Crippen LogP contribution in [0.4, 0.5) is 5.69 Å². The molecule has 0 aromatic heterocycles. The van der Waals surface area contributed by atoms with E-state index < -0.39 is 11.6 Å². The lowest BCUT2D eigenvalue weighted by Gasteiger charge is -2.45. The van der Waals surface area contributed by atoms with Crippen LogP contribution < -0.4 is 19.1 Å². The van der Waals surface area contributed by atoms with Crippen molar-refractivity contribution >= 4 is 5.69 Å². The zero-order valence-electron chi connectivity index (χ0n) is 20.4. The summed E-state index contributed by atoms with van der Waals surface area (Å²) in [5.41, 5.74) is 4.62. The number of nitrogens with zero attached hydrogens (tertiary/aromatic N) is 1. The molecule has 0 bridgehead atoms. The lowest BCUT2D eigenvalue weighted by Crippen LogP contribution is -2.48. The summed E-state index contributed by atoms with van der Waals surface area (Å²) in [6.07, 6.45) is 1.78. The molecule has 6 atom stereocenters. The fourth-order valence-electron chi connectivity index (χ4n) is 6.88. The van der Waals surface area contributed by atoms with Gasteiger partial charge in [-0.25, -0.2) is 0 Å². The predicted octanol–water partition coefficient (Wildman–Crippen LogP) is 4.91. The van der Waals surface area contributed by atoms with E-state index >= 15 is 0 Å². The molecule has 2 saturated heterocycles. The van der Waals surface area contributed by atoms with Gasteiger partial charge in [0.1, 0.15) is 17.2 Å². The summed E-state index contributed by atoms with van der Waals surface area (Å²) in [5.74, 6) is 2.99. The van der Waals surface area contributed by atoms with E-state index in [0.29, 0.717) is 31.1 Å². The first-order chi connectivity index (χ1) is 16.4. The topological polar surface area (TPSA) is 49.4 Å². The minimum atomic E-state index is -0.622. The minimum Gasteiger partial charge on any atom is -0.472 e. The van der Waals surface area contributed by atoms with Crippen LogP contribution in [-0.2, 0) is 28.9 Å². The summed E-state index contributed by atoms with van der Waals surface area (Å²) in [7, 11) is 0. The molecule has 0 saturated carbocycles. The van der Waals surface area contributed by atoms with E-state index in [4.69, 9.17) is 23.7 Å². The molecule has 0 unspecified atom stereocenters. The molecule has 5 aliphatic heterocycles. The van der Waals surface area contributed by atoms with Gasteiger partial charge < -0.3 is 28.6 Å². The Morgan fingerprint density at radius 2 is 1.32 bits per heavy atom. The molecule has 2 fully saturated rings. The fourth-order valence-corrected chi connectivity index (χ4v) is 6.88. The second kappa shape index (κ2) is 7.05. The van der Waals surface area contributed by atoms with Gasteiger partial charge in [0.25, 0.3) is 0 Å².